The van der Waals surface area contributed by atoms with E-state index >= 15 is 0 Å². The number of ether oxygens (including phenoxy) is 2. The molecule has 0 aromatic carbocycles. The van der Waals surface area contributed by atoms with Crippen LogP contribution in [0.3, 0.4) is 0 Å². The molecule has 0 aromatic rings. The van der Waals surface area contributed by atoms with Crippen LogP contribution >= 0.6 is 0 Å². The Morgan fingerprint density at radius 2 is 2.22 bits per heavy atom. The molecule has 1 aliphatic rings. The van der Waals surface area contributed by atoms with Crippen molar-refractivity contribution in [2.75, 3.05) is 13.7 Å². The van der Waals surface area contributed by atoms with Crippen LogP contribution in [0.5, 0.6) is 0 Å². The van der Waals surface area contributed by atoms with Crippen molar-refractivity contribution in [1.29, 1.82) is 0 Å². The molecule has 3 heteroatoms. The van der Waals surface area contributed by atoms with E-state index in [1.165, 1.54) is 6.08 Å². The van der Waals surface area contributed by atoms with Crippen molar-refractivity contribution < 1.29 is 14.3 Å². The monoisotopic (exact) mass is 250 g/mol. The average Bonchev–Trinajstić information content (AvgIpc) is 2.37. The third-order valence-electron chi connectivity index (χ3n) is 2.88. The van der Waals surface area contributed by atoms with E-state index < -0.39 is 5.60 Å². The number of carbonyl (C=O) groups excluding carboxylic acids is 1. The van der Waals surface area contributed by atoms with Crippen LogP contribution < -0.4 is 0 Å². The van der Waals surface area contributed by atoms with E-state index in [0.29, 0.717) is 12.5 Å². The highest BCUT2D eigenvalue weighted by Crippen LogP contribution is 2.23. The van der Waals surface area contributed by atoms with Gasteiger partial charge in [0.15, 0.2) is 0 Å². The number of methoxy groups -OCH3 is 1. The van der Waals surface area contributed by atoms with Gasteiger partial charge < -0.3 is 9.47 Å². The van der Waals surface area contributed by atoms with Crippen molar-refractivity contribution in [3.63, 3.8) is 0 Å². The standard InChI is InChI=1S/C15H22O3/c1-13(2)8-12-18-14(16)7-11-15(17-3)9-5-4-6-10-15/h4-7,9,11,13H,8,10,12H2,1-3H3. The van der Waals surface area contributed by atoms with Crippen LogP contribution in [0.25, 0.3) is 0 Å². The minimum Gasteiger partial charge on any atom is -0.463 e. The lowest BCUT2D eigenvalue weighted by Gasteiger charge is -2.25. The molecule has 0 N–H and O–H groups in total. The summed E-state index contributed by atoms with van der Waals surface area (Å²) in [7, 11) is 1.64. The molecule has 0 aliphatic heterocycles. The molecular formula is C15H22O3. The van der Waals surface area contributed by atoms with Gasteiger partial charge in [-0.2, -0.15) is 0 Å². The zero-order valence-corrected chi connectivity index (χ0v) is 11.4. The predicted octanol–water partition coefficient (Wildman–Crippen LogP) is 3.03. The summed E-state index contributed by atoms with van der Waals surface area (Å²) >= 11 is 0. The van der Waals surface area contributed by atoms with Gasteiger partial charge in [-0.15, -0.1) is 0 Å². The van der Waals surface area contributed by atoms with Crippen molar-refractivity contribution in [1.82, 2.24) is 0 Å². The van der Waals surface area contributed by atoms with E-state index in [0.717, 1.165) is 12.8 Å². The van der Waals surface area contributed by atoms with Crippen molar-refractivity contribution in [3.8, 4) is 0 Å². The van der Waals surface area contributed by atoms with Crippen LogP contribution in [0.2, 0.25) is 0 Å². The molecule has 0 heterocycles. The van der Waals surface area contributed by atoms with Gasteiger partial charge in [0.25, 0.3) is 0 Å². The maximum atomic E-state index is 11.5. The Bertz CT molecular complexity index is 353. The highest BCUT2D eigenvalue weighted by molar-refractivity contribution is 5.82. The molecule has 1 rings (SSSR count). The van der Waals surface area contributed by atoms with Crippen molar-refractivity contribution in [2.45, 2.75) is 32.3 Å². The number of hydrogen-bond acceptors (Lipinski definition) is 3. The summed E-state index contributed by atoms with van der Waals surface area (Å²) in [5.74, 6) is 0.230. The molecular weight excluding hydrogens is 228 g/mol. The molecule has 18 heavy (non-hydrogen) atoms. The van der Waals surface area contributed by atoms with Crippen LogP contribution in [0, 0.1) is 5.92 Å². The molecule has 0 aromatic heterocycles. The van der Waals surface area contributed by atoms with Crippen LogP contribution in [-0.2, 0) is 14.3 Å². The lowest BCUT2D eigenvalue weighted by atomic mass is 9.94. The lowest BCUT2D eigenvalue weighted by molar-refractivity contribution is -0.138. The van der Waals surface area contributed by atoms with Crippen molar-refractivity contribution >= 4 is 5.97 Å². The Kier molecular flexibility index (Phi) is 5.86. The van der Waals surface area contributed by atoms with E-state index in [-0.39, 0.29) is 5.97 Å². The first-order valence-corrected chi connectivity index (χ1v) is 6.33. The van der Waals surface area contributed by atoms with Crippen LogP contribution in [0.15, 0.2) is 36.5 Å². The van der Waals surface area contributed by atoms with Gasteiger partial charge in [0.2, 0.25) is 0 Å². The smallest absolute Gasteiger partial charge is 0.330 e. The van der Waals surface area contributed by atoms with Gasteiger partial charge in [0, 0.05) is 19.6 Å². The Morgan fingerprint density at radius 1 is 1.44 bits per heavy atom. The fourth-order valence-electron chi connectivity index (χ4n) is 1.61. The minimum atomic E-state index is -0.508. The largest absolute Gasteiger partial charge is 0.463 e. The van der Waals surface area contributed by atoms with E-state index in [1.54, 1.807) is 13.2 Å². The van der Waals surface area contributed by atoms with Gasteiger partial charge >= 0.3 is 5.97 Å². The number of esters is 1. The van der Waals surface area contributed by atoms with Gasteiger partial charge in [0.05, 0.1) is 6.61 Å². The van der Waals surface area contributed by atoms with Gasteiger partial charge in [0.1, 0.15) is 5.60 Å². The minimum absolute atomic E-state index is 0.310. The predicted molar refractivity (Wildman–Crippen MR) is 72.2 cm³/mol. The summed E-state index contributed by atoms with van der Waals surface area (Å²) in [6, 6.07) is 0. The number of allylic oxidation sites excluding steroid dienone is 2. The van der Waals surface area contributed by atoms with E-state index in [1.807, 2.05) is 24.3 Å². The first kappa shape index (κ1) is 14.7. The van der Waals surface area contributed by atoms with Crippen molar-refractivity contribution in [2.24, 2.45) is 5.92 Å². The molecule has 1 aliphatic carbocycles. The second kappa shape index (κ2) is 7.17. The Morgan fingerprint density at radius 3 is 2.78 bits per heavy atom. The fourth-order valence-corrected chi connectivity index (χ4v) is 1.61. The second-order valence-corrected chi connectivity index (χ2v) is 4.83. The molecule has 100 valence electrons. The SMILES string of the molecule is COC1(C=CC(=O)OCCC(C)C)C=CC=CC1. The van der Waals surface area contributed by atoms with Gasteiger partial charge in [-0.3, -0.25) is 0 Å². The zero-order valence-electron chi connectivity index (χ0n) is 11.4. The first-order valence-electron chi connectivity index (χ1n) is 6.33. The van der Waals surface area contributed by atoms with Gasteiger partial charge in [-0.1, -0.05) is 32.1 Å². The van der Waals surface area contributed by atoms with Gasteiger partial charge in [-0.05, 0) is 24.5 Å². The summed E-state index contributed by atoms with van der Waals surface area (Å²) in [5, 5.41) is 0. The summed E-state index contributed by atoms with van der Waals surface area (Å²) in [5.41, 5.74) is -0.508. The average molecular weight is 250 g/mol. The van der Waals surface area contributed by atoms with Crippen molar-refractivity contribution in [3.05, 3.63) is 36.5 Å². The molecule has 0 bridgehead atoms. The number of rotatable bonds is 6. The molecule has 0 fully saturated rings. The fraction of sp³-hybridized carbons (Fsp3) is 0.533. The quantitative estimate of drug-likeness (QED) is 0.537. The molecule has 0 saturated carbocycles. The molecule has 0 saturated heterocycles. The highest BCUT2D eigenvalue weighted by Gasteiger charge is 2.23. The maximum Gasteiger partial charge on any atom is 0.330 e. The summed E-state index contributed by atoms with van der Waals surface area (Å²) in [6.07, 6.45) is 12.7. The summed E-state index contributed by atoms with van der Waals surface area (Å²) in [6.45, 7) is 4.67. The Labute approximate surface area is 109 Å². The summed E-state index contributed by atoms with van der Waals surface area (Å²) in [4.78, 5) is 11.5. The molecule has 0 radical (unpaired) electrons. The van der Waals surface area contributed by atoms with Crippen LogP contribution in [0.1, 0.15) is 26.7 Å². The molecule has 1 atom stereocenters. The lowest BCUT2D eigenvalue weighted by Crippen LogP contribution is -2.26. The molecule has 0 amide bonds. The normalized spacial score (nSPS) is 22.9. The Hall–Kier alpha value is -1.35. The number of hydrogen-bond donors (Lipinski definition) is 0. The number of carbonyl (C=O) groups is 1. The molecule has 3 nitrogen and oxygen atoms in total. The topological polar surface area (TPSA) is 35.5 Å². The highest BCUT2D eigenvalue weighted by atomic mass is 16.5. The first-order chi connectivity index (χ1) is 8.58. The van der Waals surface area contributed by atoms with Gasteiger partial charge in [-0.25, -0.2) is 4.79 Å². The second-order valence-electron chi connectivity index (χ2n) is 4.83. The third kappa shape index (κ3) is 4.88. The van der Waals surface area contributed by atoms with E-state index in [9.17, 15) is 4.79 Å². The van der Waals surface area contributed by atoms with E-state index in [2.05, 4.69) is 13.8 Å². The molecule has 0 spiro atoms. The zero-order chi connectivity index (χ0) is 13.4. The van der Waals surface area contributed by atoms with Crippen LogP contribution in [-0.4, -0.2) is 25.3 Å². The van der Waals surface area contributed by atoms with Crippen LogP contribution in [0.4, 0.5) is 0 Å². The van der Waals surface area contributed by atoms with E-state index in [4.69, 9.17) is 9.47 Å². The maximum absolute atomic E-state index is 11.5. The third-order valence-corrected chi connectivity index (χ3v) is 2.88. The summed E-state index contributed by atoms with van der Waals surface area (Å²) < 4.78 is 10.5. The molecule has 1 unspecified atom stereocenters. The Balaban J connectivity index is 2.44.